The molecule has 2 aromatic rings. The number of nitrogens with zero attached hydrogens (tertiary/aromatic N) is 3. The van der Waals surface area contributed by atoms with Gasteiger partial charge in [-0.25, -0.2) is 9.50 Å². The van der Waals surface area contributed by atoms with Gasteiger partial charge in [0.15, 0.2) is 5.65 Å². The van der Waals surface area contributed by atoms with Gasteiger partial charge >= 0.3 is 0 Å². The van der Waals surface area contributed by atoms with E-state index in [1.54, 1.807) is 0 Å². The van der Waals surface area contributed by atoms with E-state index in [9.17, 15) is 0 Å². The van der Waals surface area contributed by atoms with Crippen LogP contribution >= 0.6 is 0 Å². The number of nitrogens with one attached hydrogen (secondary N) is 1. The average molecular weight is 274 g/mol. The molecule has 0 aliphatic rings. The molecule has 0 spiro atoms. The van der Waals surface area contributed by atoms with E-state index in [-0.39, 0.29) is 6.04 Å². The van der Waals surface area contributed by atoms with Crippen LogP contribution in [-0.2, 0) is 4.74 Å². The van der Waals surface area contributed by atoms with Crippen molar-refractivity contribution in [3.8, 4) is 0 Å². The molecule has 0 fully saturated rings. The highest BCUT2D eigenvalue weighted by Gasteiger charge is 2.12. The first-order valence-electron chi connectivity index (χ1n) is 6.91. The van der Waals surface area contributed by atoms with Crippen LogP contribution in [0, 0.1) is 13.8 Å². The Labute approximate surface area is 119 Å². The summed E-state index contributed by atoms with van der Waals surface area (Å²) in [6, 6.07) is 2.22. The summed E-state index contributed by atoms with van der Waals surface area (Å²) in [5, 5.41) is 7.95. The Balaban J connectivity index is 2.04. The van der Waals surface area contributed by atoms with Gasteiger partial charge in [-0.15, -0.1) is 0 Å². The van der Waals surface area contributed by atoms with Crippen molar-refractivity contribution < 1.29 is 4.74 Å². The van der Waals surface area contributed by atoms with E-state index in [1.807, 2.05) is 23.7 Å². The summed E-state index contributed by atoms with van der Waals surface area (Å²) < 4.78 is 7.01. The standard InChI is InChI=1S/C15H22N4O/c1-5-20-8-6-7-16-12(3)14-10-17-15-9-11(2)18-19(15)13(14)4/h5,9-10,12,16H,1,6-8H2,2-4H3. The van der Waals surface area contributed by atoms with E-state index in [0.717, 1.165) is 30.0 Å². The largest absolute Gasteiger partial charge is 0.502 e. The number of aromatic nitrogens is 3. The predicted molar refractivity (Wildman–Crippen MR) is 79.6 cm³/mol. The first kappa shape index (κ1) is 14.5. The highest BCUT2D eigenvalue weighted by Crippen LogP contribution is 2.17. The highest BCUT2D eigenvalue weighted by atomic mass is 16.5. The maximum atomic E-state index is 5.10. The van der Waals surface area contributed by atoms with Crippen LogP contribution in [0.4, 0.5) is 0 Å². The predicted octanol–water partition coefficient (Wildman–Crippen LogP) is 2.55. The van der Waals surface area contributed by atoms with Crippen LogP contribution in [0.5, 0.6) is 0 Å². The molecule has 5 heteroatoms. The first-order valence-corrected chi connectivity index (χ1v) is 6.91. The van der Waals surface area contributed by atoms with E-state index in [2.05, 4.69) is 35.8 Å². The van der Waals surface area contributed by atoms with Gasteiger partial charge in [-0.1, -0.05) is 6.58 Å². The van der Waals surface area contributed by atoms with Crippen LogP contribution in [0.25, 0.3) is 5.65 Å². The van der Waals surface area contributed by atoms with E-state index in [0.29, 0.717) is 6.61 Å². The summed E-state index contributed by atoms with van der Waals surface area (Å²) in [7, 11) is 0. The molecule has 1 atom stereocenters. The van der Waals surface area contributed by atoms with Crippen LogP contribution in [0.1, 0.15) is 36.3 Å². The quantitative estimate of drug-likeness (QED) is 0.622. The van der Waals surface area contributed by atoms with Gasteiger partial charge in [0.2, 0.25) is 0 Å². The van der Waals surface area contributed by atoms with Gasteiger partial charge in [0, 0.05) is 29.6 Å². The smallest absolute Gasteiger partial charge is 0.155 e. The van der Waals surface area contributed by atoms with Gasteiger partial charge in [0.1, 0.15) is 0 Å². The summed E-state index contributed by atoms with van der Waals surface area (Å²) in [5.74, 6) is 0. The number of fused-ring (bicyclic) bond motifs is 1. The van der Waals surface area contributed by atoms with E-state index >= 15 is 0 Å². The minimum absolute atomic E-state index is 0.236. The van der Waals surface area contributed by atoms with E-state index in [4.69, 9.17) is 4.74 Å². The Kier molecular flexibility index (Phi) is 4.74. The molecule has 2 heterocycles. The monoisotopic (exact) mass is 274 g/mol. The van der Waals surface area contributed by atoms with Crippen molar-refractivity contribution in [2.24, 2.45) is 0 Å². The van der Waals surface area contributed by atoms with Gasteiger partial charge in [-0.05, 0) is 33.7 Å². The molecule has 2 aromatic heterocycles. The molecule has 108 valence electrons. The maximum absolute atomic E-state index is 5.10. The summed E-state index contributed by atoms with van der Waals surface area (Å²) >= 11 is 0. The van der Waals surface area contributed by atoms with Gasteiger partial charge in [-0.2, -0.15) is 5.10 Å². The molecule has 1 unspecified atom stereocenters. The van der Waals surface area contributed by atoms with Crippen molar-refractivity contribution in [1.29, 1.82) is 0 Å². The van der Waals surface area contributed by atoms with Crippen LogP contribution < -0.4 is 5.32 Å². The zero-order valence-corrected chi connectivity index (χ0v) is 12.4. The van der Waals surface area contributed by atoms with Crippen molar-refractivity contribution in [3.63, 3.8) is 0 Å². The fourth-order valence-corrected chi connectivity index (χ4v) is 2.27. The van der Waals surface area contributed by atoms with Crippen molar-refractivity contribution in [3.05, 3.63) is 42.1 Å². The van der Waals surface area contributed by atoms with Crippen LogP contribution in [-0.4, -0.2) is 27.7 Å². The molecule has 2 rings (SSSR count). The summed E-state index contributed by atoms with van der Waals surface area (Å²) in [4.78, 5) is 4.46. The number of ether oxygens (including phenoxy) is 1. The normalized spacial score (nSPS) is 12.6. The lowest BCUT2D eigenvalue weighted by Gasteiger charge is -2.16. The molecule has 0 aliphatic heterocycles. The Hall–Kier alpha value is -1.88. The van der Waals surface area contributed by atoms with Gasteiger partial charge in [0.05, 0.1) is 18.6 Å². The van der Waals surface area contributed by atoms with E-state index < -0.39 is 0 Å². The third kappa shape index (κ3) is 3.17. The topological polar surface area (TPSA) is 51.5 Å². The SMILES string of the molecule is C=COCCCNC(C)c1cnc2cc(C)nn2c1C. The molecule has 20 heavy (non-hydrogen) atoms. The number of hydrogen-bond acceptors (Lipinski definition) is 4. The molecule has 0 amide bonds. The van der Waals surface area contributed by atoms with E-state index in [1.165, 1.54) is 11.8 Å². The lowest BCUT2D eigenvalue weighted by atomic mass is 10.1. The lowest BCUT2D eigenvalue weighted by Crippen LogP contribution is -2.22. The molecule has 0 aromatic carbocycles. The molecule has 1 N–H and O–H groups in total. The molecular formula is C15H22N4O. The second-order valence-corrected chi connectivity index (χ2v) is 4.92. The van der Waals surface area contributed by atoms with Gasteiger partial charge < -0.3 is 10.1 Å². The fraction of sp³-hybridized carbons (Fsp3) is 0.467. The summed E-state index contributed by atoms with van der Waals surface area (Å²) in [6.07, 6.45) is 4.36. The number of aryl methyl sites for hydroxylation is 2. The van der Waals surface area contributed by atoms with Gasteiger partial charge in [0.25, 0.3) is 0 Å². The zero-order chi connectivity index (χ0) is 14.5. The molecular weight excluding hydrogens is 252 g/mol. The Morgan fingerprint density at radius 2 is 2.30 bits per heavy atom. The van der Waals surface area contributed by atoms with Crippen LogP contribution in [0.3, 0.4) is 0 Å². The summed E-state index contributed by atoms with van der Waals surface area (Å²) in [5.41, 5.74) is 4.19. The second-order valence-electron chi connectivity index (χ2n) is 4.92. The molecule has 0 bridgehead atoms. The lowest BCUT2D eigenvalue weighted by molar-refractivity contribution is 0.243. The third-order valence-electron chi connectivity index (χ3n) is 3.36. The van der Waals surface area contributed by atoms with Crippen molar-refractivity contribution in [2.75, 3.05) is 13.2 Å². The van der Waals surface area contributed by atoms with Crippen molar-refractivity contribution in [2.45, 2.75) is 33.2 Å². The molecule has 0 saturated heterocycles. The van der Waals surface area contributed by atoms with Crippen LogP contribution in [0.15, 0.2) is 25.1 Å². The fourth-order valence-electron chi connectivity index (χ4n) is 2.27. The number of rotatable bonds is 7. The first-order chi connectivity index (χ1) is 9.63. The Morgan fingerprint density at radius 3 is 3.05 bits per heavy atom. The summed E-state index contributed by atoms with van der Waals surface area (Å²) in [6.45, 7) is 11.3. The zero-order valence-electron chi connectivity index (χ0n) is 12.4. The minimum atomic E-state index is 0.236. The van der Waals surface area contributed by atoms with Gasteiger partial charge in [-0.3, -0.25) is 0 Å². The van der Waals surface area contributed by atoms with Crippen molar-refractivity contribution >= 4 is 5.65 Å². The van der Waals surface area contributed by atoms with Crippen molar-refractivity contribution in [1.82, 2.24) is 19.9 Å². The Bertz CT molecular complexity index is 591. The second kappa shape index (κ2) is 6.52. The molecule has 0 aliphatic carbocycles. The molecule has 0 radical (unpaired) electrons. The third-order valence-corrected chi connectivity index (χ3v) is 3.36. The number of hydrogen-bond donors (Lipinski definition) is 1. The Morgan fingerprint density at radius 1 is 1.50 bits per heavy atom. The minimum Gasteiger partial charge on any atom is -0.502 e. The molecule has 0 saturated carbocycles. The van der Waals surface area contributed by atoms with Crippen LogP contribution in [0.2, 0.25) is 0 Å². The average Bonchev–Trinajstić information content (AvgIpc) is 2.80. The molecule has 5 nitrogen and oxygen atoms in total. The maximum Gasteiger partial charge on any atom is 0.155 e. The highest BCUT2D eigenvalue weighted by molar-refractivity contribution is 5.42.